The molecule has 2 N–H and O–H groups in total. The van der Waals surface area contributed by atoms with Crippen LogP contribution in [0.2, 0.25) is 0 Å². The number of hydrogen-bond donors (Lipinski definition) is 2. The summed E-state index contributed by atoms with van der Waals surface area (Å²) in [7, 11) is 0. The molecule has 0 saturated carbocycles. The minimum Gasteiger partial charge on any atom is -0.481 e. The summed E-state index contributed by atoms with van der Waals surface area (Å²) >= 11 is 0. The third kappa shape index (κ3) is 4.16. The highest BCUT2D eigenvalue weighted by atomic mass is 19.1. The van der Waals surface area contributed by atoms with Gasteiger partial charge in [0.25, 0.3) is 0 Å². The van der Waals surface area contributed by atoms with Crippen molar-refractivity contribution >= 4 is 17.7 Å². The maximum absolute atomic E-state index is 13.6. The Morgan fingerprint density at radius 2 is 2.29 bits per heavy atom. The molecule has 1 saturated heterocycles. The van der Waals surface area contributed by atoms with Crippen molar-refractivity contribution in [3.63, 3.8) is 0 Å². The first-order chi connectivity index (χ1) is 9.95. The number of carboxylic acid groups (broad SMARTS) is 1. The summed E-state index contributed by atoms with van der Waals surface area (Å²) in [4.78, 5) is 24.2. The number of halogens is 1. The fraction of sp³-hybridized carbons (Fsp3) is 0.429. The smallest absolute Gasteiger partial charge is 0.322 e. The van der Waals surface area contributed by atoms with E-state index in [-0.39, 0.29) is 25.3 Å². The number of aryl methyl sites for hydroxylation is 1. The Bertz CT molecular complexity index is 550. The van der Waals surface area contributed by atoms with E-state index >= 15 is 0 Å². The summed E-state index contributed by atoms with van der Waals surface area (Å²) in [6.07, 6.45) is -0.702. The molecule has 0 radical (unpaired) electrons. The average molecular weight is 296 g/mol. The molecular formula is C14H17FN2O4. The minimum atomic E-state index is -0.980. The number of rotatable bonds is 3. The third-order valence-electron chi connectivity index (χ3n) is 3.19. The maximum Gasteiger partial charge on any atom is 0.322 e. The van der Waals surface area contributed by atoms with E-state index in [1.54, 1.807) is 19.1 Å². The Labute approximate surface area is 121 Å². The largest absolute Gasteiger partial charge is 0.481 e. The molecule has 1 aromatic carbocycles. The minimum absolute atomic E-state index is 0.112. The van der Waals surface area contributed by atoms with Gasteiger partial charge in [-0.25, -0.2) is 9.18 Å². The van der Waals surface area contributed by atoms with Crippen LogP contribution in [0.1, 0.15) is 12.0 Å². The Hall–Kier alpha value is -2.15. The quantitative estimate of drug-likeness (QED) is 0.892. The van der Waals surface area contributed by atoms with Gasteiger partial charge < -0.3 is 20.1 Å². The van der Waals surface area contributed by atoms with Gasteiger partial charge in [0.1, 0.15) is 5.82 Å². The number of ether oxygens (including phenoxy) is 1. The van der Waals surface area contributed by atoms with Crippen LogP contribution < -0.4 is 5.32 Å². The molecular weight excluding hydrogens is 279 g/mol. The maximum atomic E-state index is 13.6. The van der Waals surface area contributed by atoms with Crippen molar-refractivity contribution in [1.82, 2.24) is 4.90 Å². The van der Waals surface area contributed by atoms with Crippen LogP contribution >= 0.6 is 0 Å². The lowest BCUT2D eigenvalue weighted by Crippen LogP contribution is -2.48. The van der Waals surface area contributed by atoms with E-state index in [1.807, 2.05) is 0 Å². The van der Waals surface area contributed by atoms with E-state index < -0.39 is 23.9 Å². The summed E-state index contributed by atoms with van der Waals surface area (Å²) in [5, 5.41) is 11.2. The molecule has 114 valence electrons. The molecule has 0 bridgehead atoms. The van der Waals surface area contributed by atoms with Gasteiger partial charge >= 0.3 is 12.0 Å². The average Bonchev–Trinajstić information content (AvgIpc) is 2.42. The number of carbonyl (C=O) groups excluding carboxylic acids is 1. The number of nitrogens with zero attached hydrogens (tertiary/aromatic N) is 1. The molecule has 2 rings (SSSR count). The molecule has 1 aliphatic rings. The highest BCUT2D eigenvalue weighted by Crippen LogP contribution is 2.17. The van der Waals surface area contributed by atoms with Gasteiger partial charge in [0.2, 0.25) is 0 Å². The van der Waals surface area contributed by atoms with Crippen LogP contribution in [0.4, 0.5) is 14.9 Å². The standard InChI is InChI=1S/C14H17FN2O4/c1-9-2-3-11(15)12(6-9)16-14(20)17-4-5-21-10(8-17)7-13(18)19/h2-3,6,10H,4-5,7-8H2,1H3,(H,16,20)(H,18,19). The highest BCUT2D eigenvalue weighted by Gasteiger charge is 2.26. The molecule has 21 heavy (non-hydrogen) atoms. The first-order valence-corrected chi connectivity index (χ1v) is 6.61. The zero-order valence-electron chi connectivity index (χ0n) is 11.6. The molecule has 1 fully saturated rings. The van der Waals surface area contributed by atoms with Crippen molar-refractivity contribution in [2.24, 2.45) is 0 Å². The van der Waals surface area contributed by atoms with Crippen LogP contribution in [0.3, 0.4) is 0 Å². The number of anilines is 1. The van der Waals surface area contributed by atoms with E-state index in [4.69, 9.17) is 9.84 Å². The van der Waals surface area contributed by atoms with E-state index in [1.165, 1.54) is 11.0 Å². The second-order valence-corrected chi connectivity index (χ2v) is 4.95. The number of aliphatic carboxylic acids is 1. The Balaban J connectivity index is 1.99. The summed E-state index contributed by atoms with van der Waals surface area (Å²) in [6.45, 7) is 2.58. The van der Waals surface area contributed by atoms with Crippen molar-refractivity contribution in [2.75, 3.05) is 25.0 Å². The van der Waals surface area contributed by atoms with E-state index in [0.717, 1.165) is 5.56 Å². The predicted molar refractivity (Wildman–Crippen MR) is 73.7 cm³/mol. The van der Waals surface area contributed by atoms with Gasteiger partial charge in [0, 0.05) is 13.1 Å². The van der Waals surface area contributed by atoms with Crippen molar-refractivity contribution < 1.29 is 23.8 Å². The second-order valence-electron chi connectivity index (χ2n) is 4.95. The number of amides is 2. The molecule has 0 aliphatic carbocycles. The third-order valence-corrected chi connectivity index (χ3v) is 3.19. The molecule has 2 amide bonds. The molecule has 1 heterocycles. The fourth-order valence-corrected chi connectivity index (χ4v) is 2.15. The molecule has 6 nitrogen and oxygen atoms in total. The van der Waals surface area contributed by atoms with Gasteiger partial charge in [-0.2, -0.15) is 0 Å². The van der Waals surface area contributed by atoms with Gasteiger partial charge in [0.05, 0.1) is 24.8 Å². The molecule has 0 spiro atoms. The van der Waals surface area contributed by atoms with Gasteiger partial charge in [-0.05, 0) is 24.6 Å². The summed E-state index contributed by atoms with van der Waals surface area (Å²) in [5.41, 5.74) is 0.943. The van der Waals surface area contributed by atoms with E-state index in [0.29, 0.717) is 6.54 Å². The van der Waals surface area contributed by atoms with Gasteiger partial charge in [-0.1, -0.05) is 6.07 Å². The number of hydrogen-bond acceptors (Lipinski definition) is 3. The Morgan fingerprint density at radius 1 is 1.52 bits per heavy atom. The lowest BCUT2D eigenvalue weighted by atomic mass is 10.2. The van der Waals surface area contributed by atoms with Crippen LogP contribution in [-0.2, 0) is 9.53 Å². The van der Waals surface area contributed by atoms with E-state index in [9.17, 15) is 14.0 Å². The predicted octanol–water partition coefficient (Wildman–Crippen LogP) is 1.84. The lowest BCUT2D eigenvalue weighted by Gasteiger charge is -2.32. The zero-order chi connectivity index (χ0) is 15.4. The number of carbonyl (C=O) groups is 2. The topological polar surface area (TPSA) is 78.9 Å². The van der Waals surface area contributed by atoms with Crippen molar-refractivity contribution in [3.8, 4) is 0 Å². The number of benzene rings is 1. The molecule has 1 aliphatic heterocycles. The number of carboxylic acids is 1. The fourth-order valence-electron chi connectivity index (χ4n) is 2.15. The molecule has 1 unspecified atom stereocenters. The van der Waals surface area contributed by atoms with Gasteiger partial charge in [-0.3, -0.25) is 4.79 Å². The van der Waals surface area contributed by atoms with Crippen LogP contribution in [-0.4, -0.2) is 47.8 Å². The number of nitrogens with one attached hydrogen (secondary N) is 1. The zero-order valence-corrected chi connectivity index (χ0v) is 11.6. The molecule has 0 aromatic heterocycles. The highest BCUT2D eigenvalue weighted by molar-refractivity contribution is 5.89. The molecule has 1 atom stereocenters. The second kappa shape index (κ2) is 6.53. The lowest BCUT2D eigenvalue weighted by molar-refractivity contribution is -0.141. The SMILES string of the molecule is Cc1ccc(F)c(NC(=O)N2CCOC(CC(=O)O)C2)c1. The normalized spacial score (nSPS) is 18.4. The Morgan fingerprint density at radius 3 is 3.00 bits per heavy atom. The van der Waals surface area contributed by atoms with Crippen molar-refractivity contribution in [3.05, 3.63) is 29.6 Å². The Kier molecular flexibility index (Phi) is 4.74. The van der Waals surface area contributed by atoms with Crippen LogP contribution in [0.5, 0.6) is 0 Å². The molecule has 7 heteroatoms. The van der Waals surface area contributed by atoms with E-state index in [2.05, 4.69) is 5.32 Å². The monoisotopic (exact) mass is 296 g/mol. The van der Waals surface area contributed by atoms with Crippen LogP contribution in [0, 0.1) is 12.7 Å². The van der Waals surface area contributed by atoms with Crippen molar-refractivity contribution in [1.29, 1.82) is 0 Å². The van der Waals surface area contributed by atoms with Crippen LogP contribution in [0.25, 0.3) is 0 Å². The summed E-state index contributed by atoms with van der Waals surface area (Å²) in [6, 6.07) is 3.99. The first kappa shape index (κ1) is 15.2. The van der Waals surface area contributed by atoms with Gasteiger partial charge in [0.15, 0.2) is 0 Å². The molecule has 1 aromatic rings. The van der Waals surface area contributed by atoms with Crippen LogP contribution in [0.15, 0.2) is 18.2 Å². The first-order valence-electron chi connectivity index (χ1n) is 6.61. The number of urea groups is 1. The summed E-state index contributed by atoms with van der Waals surface area (Å²) in [5.74, 6) is -1.49. The summed E-state index contributed by atoms with van der Waals surface area (Å²) < 4.78 is 18.9. The van der Waals surface area contributed by atoms with Gasteiger partial charge in [-0.15, -0.1) is 0 Å². The van der Waals surface area contributed by atoms with Crippen molar-refractivity contribution in [2.45, 2.75) is 19.4 Å². The number of morpholine rings is 1.